The summed E-state index contributed by atoms with van der Waals surface area (Å²) >= 11 is 0. The predicted octanol–water partition coefficient (Wildman–Crippen LogP) is 8.54. The summed E-state index contributed by atoms with van der Waals surface area (Å²) in [6, 6.07) is 2.66. The third-order valence-electron chi connectivity index (χ3n) is 7.07. The molecule has 0 saturated heterocycles. The first-order valence-corrected chi connectivity index (χ1v) is 12.2. The van der Waals surface area contributed by atoms with E-state index >= 15 is 0 Å². The second-order valence-corrected chi connectivity index (χ2v) is 10.2. The van der Waals surface area contributed by atoms with Crippen LogP contribution in [0.25, 0.3) is 0 Å². The Morgan fingerprint density at radius 2 is 1.86 bits per heavy atom. The van der Waals surface area contributed by atoms with Crippen molar-refractivity contribution in [2.24, 2.45) is 16.3 Å². The minimum Gasteiger partial charge on any atom is -0.317 e. The van der Waals surface area contributed by atoms with Gasteiger partial charge < -0.3 is 5.41 Å². The van der Waals surface area contributed by atoms with Gasteiger partial charge in [-0.15, -0.1) is 6.42 Å². The summed E-state index contributed by atoms with van der Waals surface area (Å²) in [5.74, 6) is -2.75. The SMILES string of the molecule is C#CC(/C=C/CC(=O)CC1CC(F)(F)C1(F)CC)=Nc1cc(F)cc(C)c1C.C=N.CC1(C)CCC1.[HH]. The molecule has 2 aliphatic carbocycles. The molecule has 1 N–H and O–H groups in total. The van der Waals surface area contributed by atoms with E-state index in [9.17, 15) is 22.4 Å². The Hall–Kier alpha value is -2.75. The molecule has 2 atom stereocenters. The highest BCUT2D eigenvalue weighted by Gasteiger charge is 2.68. The third kappa shape index (κ3) is 7.88. The molecule has 2 unspecified atom stereocenters. The minimum absolute atomic E-state index is 0. The van der Waals surface area contributed by atoms with E-state index in [-0.39, 0.29) is 32.2 Å². The third-order valence-corrected chi connectivity index (χ3v) is 7.07. The van der Waals surface area contributed by atoms with Gasteiger partial charge in [0.25, 0.3) is 5.92 Å². The van der Waals surface area contributed by atoms with Crippen molar-refractivity contribution in [3.05, 3.63) is 41.2 Å². The van der Waals surface area contributed by atoms with Gasteiger partial charge >= 0.3 is 0 Å². The lowest BCUT2D eigenvalue weighted by Crippen LogP contribution is -2.61. The molecule has 2 aliphatic rings. The Balaban J connectivity index is 0.00000124. The summed E-state index contributed by atoms with van der Waals surface area (Å²) in [6.45, 7) is 12.1. The van der Waals surface area contributed by atoms with Gasteiger partial charge in [-0.05, 0) is 74.6 Å². The van der Waals surface area contributed by atoms with E-state index in [0.717, 1.165) is 16.5 Å². The smallest absolute Gasteiger partial charge is 0.282 e. The quantitative estimate of drug-likeness (QED) is 0.224. The number of ketones is 1. The zero-order valence-electron chi connectivity index (χ0n) is 22.0. The number of alkyl halides is 3. The first-order chi connectivity index (χ1) is 16.7. The van der Waals surface area contributed by atoms with Gasteiger partial charge in [-0.3, -0.25) is 4.79 Å². The monoisotopic (exact) mass is 508 g/mol. The van der Waals surface area contributed by atoms with Gasteiger partial charge in [0.1, 0.15) is 17.3 Å². The largest absolute Gasteiger partial charge is 0.317 e. The zero-order chi connectivity index (χ0) is 27.7. The maximum Gasteiger partial charge on any atom is 0.282 e. The van der Waals surface area contributed by atoms with Crippen LogP contribution in [0.5, 0.6) is 0 Å². The first-order valence-electron chi connectivity index (χ1n) is 12.2. The molecule has 0 amide bonds. The second kappa shape index (κ2) is 13.0. The van der Waals surface area contributed by atoms with Gasteiger partial charge in [0.15, 0.2) is 5.67 Å². The molecule has 1 aromatic rings. The number of nitrogens with one attached hydrogen (secondary N) is 1. The van der Waals surface area contributed by atoms with Gasteiger partial charge in [0, 0.05) is 26.6 Å². The lowest BCUT2D eigenvalue weighted by molar-refractivity contribution is -0.252. The highest BCUT2D eigenvalue weighted by molar-refractivity contribution is 6.09. The number of carbonyl (C=O) groups is 1. The topological polar surface area (TPSA) is 53.3 Å². The highest BCUT2D eigenvalue weighted by Crippen LogP contribution is 2.57. The molecule has 1 aromatic carbocycles. The lowest BCUT2D eigenvalue weighted by Gasteiger charge is -2.49. The van der Waals surface area contributed by atoms with Crippen molar-refractivity contribution in [1.29, 1.82) is 5.41 Å². The van der Waals surface area contributed by atoms with Crippen molar-refractivity contribution in [3.63, 3.8) is 0 Å². The molecular weight excluding hydrogens is 468 g/mol. The van der Waals surface area contributed by atoms with Crippen molar-refractivity contribution >= 4 is 23.9 Å². The minimum atomic E-state index is -3.37. The standard InChI is InChI=1S/C22H23F4NO.C6H12.CH3N.H2/c1-5-18(27-20-12-17(23)10-14(3)15(20)4)8-7-9-19(28)11-16-13-22(25,26)21(16,24)6-2;1-6(2)4-3-5-6;1-2;/h1,7-8,10,12,16H,6,9,11,13H2,2-4H3;3-5H2,1-2H3;2H,1H2;1H/b8-7+,27-18?;;;. The fraction of sp³-hybridized carbons (Fsp3) is 0.552. The van der Waals surface area contributed by atoms with E-state index in [1.54, 1.807) is 13.8 Å². The normalized spacial score (nSPS) is 23.7. The van der Waals surface area contributed by atoms with Crippen molar-refractivity contribution in [1.82, 2.24) is 0 Å². The zero-order valence-corrected chi connectivity index (χ0v) is 22.0. The van der Waals surface area contributed by atoms with Crippen LogP contribution in [-0.4, -0.2) is 29.8 Å². The molecule has 2 fully saturated rings. The van der Waals surface area contributed by atoms with E-state index in [4.69, 9.17) is 11.8 Å². The van der Waals surface area contributed by atoms with Gasteiger partial charge in [-0.25, -0.2) is 22.6 Å². The Morgan fingerprint density at radius 3 is 2.31 bits per heavy atom. The van der Waals surface area contributed by atoms with Crippen LogP contribution in [0.3, 0.4) is 0 Å². The van der Waals surface area contributed by atoms with Gasteiger partial charge in [-0.1, -0.05) is 39.2 Å². The Morgan fingerprint density at radius 1 is 1.28 bits per heavy atom. The molecule has 36 heavy (non-hydrogen) atoms. The van der Waals surface area contributed by atoms with Crippen molar-refractivity contribution in [2.75, 3.05) is 0 Å². The van der Waals surface area contributed by atoms with Crippen molar-refractivity contribution in [2.45, 2.75) is 91.2 Å². The number of carbonyl (C=O) groups excluding carboxylic acids is 1. The summed E-state index contributed by atoms with van der Waals surface area (Å²) in [7, 11) is 0. The average molecular weight is 509 g/mol. The number of nitrogens with zero attached hydrogens (tertiary/aromatic N) is 1. The molecule has 0 spiro atoms. The molecule has 7 heteroatoms. The summed E-state index contributed by atoms with van der Waals surface area (Å²) < 4.78 is 54.7. The van der Waals surface area contributed by atoms with Crippen LogP contribution in [0, 0.1) is 48.8 Å². The van der Waals surface area contributed by atoms with E-state index < -0.39 is 29.7 Å². The molecule has 0 aliphatic heterocycles. The summed E-state index contributed by atoms with van der Waals surface area (Å²) in [6.07, 6.45) is 11.4. The van der Waals surface area contributed by atoms with Crippen molar-refractivity contribution < 1.29 is 23.8 Å². The van der Waals surface area contributed by atoms with E-state index in [1.165, 1.54) is 50.5 Å². The van der Waals surface area contributed by atoms with Crippen LogP contribution in [-0.2, 0) is 4.79 Å². The Labute approximate surface area is 214 Å². The lowest BCUT2D eigenvalue weighted by atomic mass is 9.64. The average Bonchev–Trinajstić information content (AvgIpc) is 2.81. The Bertz CT molecular complexity index is 1020. The molecule has 3 nitrogen and oxygen atoms in total. The number of rotatable bonds is 7. The highest BCUT2D eigenvalue weighted by atomic mass is 19.3. The maximum absolute atomic E-state index is 14.3. The number of hydrogen-bond donors (Lipinski definition) is 1. The molecular formula is C29H40F4N2O. The number of Topliss-reactive ketones (excluding diaryl/α,β-unsaturated/α-hetero) is 1. The van der Waals surface area contributed by atoms with Crippen LogP contribution in [0.1, 0.15) is 78.3 Å². The maximum atomic E-state index is 14.3. The van der Waals surface area contributed by atoms with E-state index in [0.29, 0.717) is 5.69 Å². The number of hydrogen-bond acceptors (Lipinski definition) is 3. The number of benzene rings is 1. The number of allylic oxidation sites excluding steroid dienone is 2. The van der Waals surface area contributed by atoms with Crippen LogP contribution >= 0.6 is 0 Å². The molecule has 3 rings (SSSR count). The van der Waals surface area contributed by atoms with E-state index in [1.807, 2.05) is 0 Å². The number of aliphatic imine (C=N–C) groups is 1. The molecule has 200 valence electrons. The van der Waals surface area contributed by atoms with Crippen LogP contribution in [0.4, 0.5) is 23.2 Å². The Kier molecular flexibility index (Phi) is 11.3. The number of halogens is 4. The van der Waals surface area contributed by atoms with Gasteiger partial charge in [-0.2, -0.15) is 0 Å². The van der Waals surface area contributed by atoms with Gasteiger partial charge in [0.2, 0.25) is 0 Å². The molecule has 0 aromatic heterocycles. The summed E-state index contributed by atoms with van der Waals surface area (Å²) in [5, 5.41) is 5.50. The van der Waals surface area contributed by atoms with Crippen LogP contribution in [0.2, 0.25) is 0 Å². The molecule has 0 bridgehead atoms. The van der Waals surface area contributed by atoms with Crippen molar-refractivity contribution in [3.8, 4) is 12.3 Å². The molecule has 0 radical (unpaired) electrons. The van der Waals surface area contributed by atoms with Crippen LogP contribution in [0.15, 0.2) is 29.3 Å². The number of aryl methyl sites for hydroxylation is 1. The first kappa shape index (κ1) is 31.3. The fourth-order valence-electron chi connectivity index (χ4n) is 4.29. The summed E-state index contributed by atoms with van der Waals surface area (Å²) in [4.78, 5) is 16.3. The molecule has 2 saturated carbocycles. The van der Waals surface area contributed by atoms with E-state index in [2.05, 4.69) is 31.5 Å². The second-order valence-electron chi connectivity index (χ2n) is 10.2. The number of terminal acetylenes is 1. The predicted molar refractivity (Wildman–Crippen MR) is 142 cm³/mol. The summed E-state index contributed by atoms with van der Waals surface area (Å²) in [5.41, 5.74) is 0.221. The fourth-order valence-corrected chi connectivity index (χ4v) is 4.29. The van der Waals surface area contributed by atoms with Crippen LogP contribution < -0.4 is 0 Å². The molecule has 0 heterocycles. The van der Waals surface area contributed by atoms with Gasteiger partial charge in [0.05, 0.1) is 5.69 Å².